The molecular formula is C28H37NO4. The second-order valence-electron chi connectivity index (χ2n) is 11.1. The van der Waals surface area contributed by atoms with E-state index in [0.29, 0.717) is 29.3 Å². The lowest BCUT2D eigenvalue weighted by Gasteiger charge is -2.59. The largest absolute Gasteiger partial charge is 0.493 e. The number of carbonyl (C=O) groups is 1. The molecule has 0 saturated heterocycles. The van der Waals surface area contributed by atoms with E-state index in [1.165, 1.54) is 0 Å². The maximum absolute atomic E-state index is 12.3. The van der Waals surface area contributed by atoms with Gasteiger partial charge in [-0.25, -0.2) is 0 Å². The summed E-state index contributed by atoms with van der Waals surface area (Å²) < 4.78 is 10.9. The minimum Gasteiger partial charge on any atom is -0.493 e. The number of aliphatic hydroxyl groups is 1. The molecule has 1 N–H and O–H groups in total. The van der Waals surface area contributed by atoms with E-state index >= 15 is 0 Å². The molecule has 1 heterocycles. The highest BCUT2D eigenvalue weighted by Gasteiger charge is 2.61. The van der Waals surface area contributed by atoms with E-state index in [1.54, 1.807) is 20.3 Å². The molecule has 5 rings (SSSR count). The Balaban J connectivity index is 1.46. The van der Waals surface area contributed by atoms with Gasteiger partial charge in [-0.1, -0.05) is 32.1 Å². The van der Waals surface area contributed by atoms with Crippen LogP contribution in [0.1, 0.15) is 51.5 Å². The third kappa shape index (κ3) is 3.26. The van der Waals surface area contributed by atoms with Crippen molar-refractivity contribution in [3.8, 4) is 11.5 Å². The maximum atomic E-state index is 12.3. The number of rotatable bonds is 3. The van der Waals surface area contributed by atoms with Crippen molar-refractivity contribution in [2.75, 3.05) is 21.3 Å². The highest BCUT2D eigenvalue weighted by Crippen LogP contribution is 2.65. The normalized spacial score (nSPS) is 40.9. The molecule has 5 nitrogen and oxygen atoms in total. The number of carbonyl (C=O) groups excluding carboxylic acids is 1. The molecule has 1 aromatic carbocycles. The van der Waals surface area contributed by atoms with Crippen LogP contribution in [0.3, 0.4) is 0 Å². The van der Waals surface area contributed by atoms with Gasteiger partial charge in [0.2, 0.25) is 5.91 Å². The Morgan fingerprint density at radius 2 is 1.85 bits per heavy atom. The molecule has 0 aromatic heterocycles. The number of amides is 1. The molecule has 1 aromatic rings. The zero-order valence-corrected chi connectivity index (χ0v) is 20.5. The van der Waals surface area contributed by atoms with Crippen LogP contribution in [-0.2, 0) is 4.79 Å². The van der Waals surface area contributed by atoms with Gasteiger partial charge < -0.3 is 19.5 Å². The standard InChI is InChI=1S/C28H37NO4/c1-27-13-11-25(30)29(3)24(27)9-7-19-20(27)10-12-28(2)21(19)16-18(26(28)31)14-17-6-8-22(32-4)23(15-17)33-5/h6,8,11,13-15,19-21,24,26,31H,7,9-10,12,16H2,1-5H3/b18-14-/t19-,20+,21+,24-,26+,27-,28+/m1/s1. The van der Waals surface area contributed by atoms with Gasteiger partial charge in [-0.05, 0) is 79.2 Å². The van der Waals surface area contributed by atoms with Gasteiger partial charge in [0.15, 0.2) is 11.5 Å². The van der Waals surface area contributed by atoms with Crippen molar-refractivity contribution in [3.63, 3.8) is 0 Å². The van der Waals surface area contributed by atoms with Crippen LogP contribution in [0, 0.1) is 28.6 Å². The molecule has 0 radical (unpaired) electrons. The summed E-state index contributed by atoms with van der Waals surface area (Å²) in [5.41, 5.74) is 2.10. The molecule has 0 bridgehead atoms. The Labute approximate surface area is 197 Å². The fourth-order valence-corrected chi connectivity index (χ4v) is 7.89. The Hall–Kier alpha value is -2.27. The summed E-state index contributed by atoms with van der Waals surface area (Å²) in [7, 11) is 5.25. The molecule has 7 atom stereocenters. The first kappa shape index (κ1) is 22.5. The number of nitrogens with zero attached hydrogens (tertiary/aromatic N) is 1. The summed E-state index contributed by atoms with van der Waals surface area (Å²) in [6, 6.07) is 6.22. The van der Waals surface area contributed by atoms with Crippen LogP contribution in [0.4, 0.5) is 0 Å². The van der Waals surface area contributed by atoms with Gasteiger partial charge in [-0.15, -0.1) is 0 Å². The fourth-order valence-electron chi connectivity index (χ4n) is 7.89. The number of methoxy groups -OCH3 is 2. The molecule has 33 heavy (non-hydrogen) atoms. The highest BCUT2D eigenvalue weighted by atomic mass is 16.5. The van der Waals surface area contributed by atoms with Crippen LogP contribution >= 0.6 is 0 Å². The average Bonchev–Trinajstić information content (AvgIpc) is 3.06. The summed E-state index contributed by atoms with van der Waals surface area (Å²) >= 11 is 0. The summed E-state index contributed by atoms with van der Waals surface area (Å²) in [4.78, 5) is 14.3. The van der Waals surface area contributed by atoms with Gasteiger partial charge in [0.05, 0.1) is 20.3 Å². The Bertz CT molecular complexity index is 1020. The Morgan fingerprint density at radius 3 is 2.58 bits per heavy atom. The third-order valence-electron chi connectivity index (χ3n) is 9.76. The van der Waals surface area contributed by atoms with Gasteiger partial charge in [0, 0.05) is 23.9 Å². The van der Waals surface area contributed by atoms with Crippen molar-refractivity contribution in [3.05, 3.63) is 41.5 Å². The van der Waals surface area contributed by atoms with E-state index in [4.69, 9.17) is 9.47 Å². The summed E-state index contributed by atoms with van der Waals surface area (Å²) in [6.07, 6.45) is 11.0. The van der Waals surface area contributed by atoms with Crippen LogP contribution in [0.15, 0.2) is 35.9 Å². The lowest BCUT2D eigenvalue weighted by molar-refractivity contribution is -0.140. The van der Waals surface area contributed by atoms with Crippen molar-refractivity contribution < 1.29 is 19.4 Å². The lowest BCUT2D eigenvalue weighted by atomic mass is 9.48. The zero-order valence-electron chi connectivity index (χ0n) is 20.5. The molecule has 0 spiro atoms. The Morgan fingerprint density at radius 1 is 1.09 bits per heavy atom. The van der Waals surface area contributed by atoms with E-state index in [-0.39, 0.29) is 22.8 Å². The van der Waals surface area contributed by atoms with Crippen molar-refractivity contribution in [1.82, 2.24) is 4.90 Å². The van der Waals surface area contributed by atoms with Crippen molar-refractivity contribution >= 4 is 12.0 Å². The predicted octanol–water partition coefficient (Wildman–Crippen LogP) is 4.70. The second kappa shape index (κ2) is 7.90. The first-order valence-electron chi connectivity index (χ1n) is 12.3. The molecule has 4 aliphatic rings. The van der Waals surface area contributed by atoms with E-state index in [9.17, 15) is 9.90 Å². The minimum absolute atomic E-state index is 0.0215. The number of ether oxygens (including phenoxy) is 2. The number of hydrogen-bond donors (Lipinski definition) is 1. The van der Waals surface area contributed by atoms with E-state index in [0.717, 1.165) is 43.2 Å². The lowest BCUT2D eigenvalue weighted by Crippen LogP contribution is -2.59. The zero-order chi connectivity index (χ0) is 23.5. The summed E-state index contributed by atoms with van der Waals surface area (Å²) in [5, 5.41) is 11.5. The van der Waals surface area contributed by atoms with Gasteiger partial charge in [0.1, 0.15) is 0 Å². The quantitative estimate of drug-likeness (QED) is 0.724. The second-order valence-corrected chi connectivity index (χ2v) is 11.1. The number of hydrogen-bond acceptors (Lipinski definition) is 4. The molecule has 0 unspecified atom stereocenters. The molecule has 1 amide bonds. The van der Waals surface area contributed by atoms with E-state index in [2.05, 4.69) is 26.0 Å². The van der Waals surface area contributed by atoms with Gasteiger partial charge >= 0.3 is 0 Å². The highest BCUT2D eigenvalue weighted by molar-refractivity contribution is 5.89. The van der Waals surface area contributed by atoms with Crippen molar-refractivity contribution in [2.24, 2.45) is 28.6 Å². The topological polar surface area (TPSA) is 59.0 Å². The van der Waals surface area contributed by atoms with Gasteiger partial charge in [-0.3, -0.25) is 4.79 Å². The molecular weight excluding hydrogens is 414 g/mol. The van der Waals surface area contributed by atoms with Gasteiger partial charge in [-0.2, -0.15) is 0 Å². The third-order valence-corrected chi connectivity index (χ3v) is 9.76. The SMILES string of the molecule is COc1ccc(/C=C2/C[C@H]3[C@@H]4CC[C@H]5N(C)C(=O)C=C[C@]5(C)[C@H]4CC[C@]3(C)[C@H]2O)cc1OC. The average molecular weight is 452 g/mol. The number of fused-ring (bicyclic) bond motifs is 5. The van der Waals surface area contributed by atoms with Crippen LogP contribution in [-0.4, -0.2) is 49.3 Å². The van der Waals surface area contributed by atoms with Crippen LogP contribution < -0.4 is 9.47 Å². The molecule has 178 valence electrons. The molecule has 3 aliphatic carbocycles. The van der Waals surface area contributed by atoms with Crippen LogP contribution in [0.2, 0.25) is 0 Å². The monoisotopic (exact) mass is 451 g/mol. The molecule has 3 saturated carbocycles. The Kier molecular flexibility index (Phi) is 5.39. The smallest absolute Gasteiger partial charge is 0.246 e. The van der Waals surface area contributed by atoms with Gasteiger partial charge in [0.25, 0.3) is 0 Å². The first-order chi connectivity index (χ1) is 15.7. The molecule has 3 fully saturated rings. The van der Waals surface area contributed by atoms with Crippen LogP contribution in [0.25, 0.3) is 6.08 Å². The van der Waals surface area contributed by atoms with Crippen molar-refractivity contribution in [1.29, 1.82) is 0 Å². The van der Waals surface area contributed by atoms with E-state index < -0.39 is 6.10 Å². The van der Waals surface area contributed by atoms with Crippen LogP contribution in [0.5, 0.6) is 11.5 Å². The first-order valence-corrected chi connectivity index (χ1v) is 12.3. The van der Waals surface area contributed by atoms with Crippen molar-refractivity contribution in [2.45, 2.75) is 58.1 Å². The maximum Gasteiger partial charge on any atom is 0.246 e. The summed E-state index contributed by atoms with van der Waals surface area (Å²) in [6.45, 7) is 4.66. The summed E-state index contributed by atoms with van der Waals surface area (Å²) in [5.74, 6) is 3.14. The molecule has 1 aliphatic heterocycles. The number of benzene rings is 1. The van der Waals surface area contributed by atoms with E-state index in [1.807, 2.05) is 30.1 Å². The number of aliphatic hydroxyl groups excluding tert-OH is 1. The predicted molar refractivity (Wildman–Crippen MR) is 129 cm³/mol. The molecule has 5 heteroatoms. The number of likely N-dealkylation sites (N-methyl/N-ethyl adjacent to an activating group) is 1. The minimum atomic E-state index is -0.423. The fraction of sp³-hybridized carbons (Fsp3) is 0.607.